The molecule has 2 aliphatic rings. The van der Waals surface area contributed by atoms with E-state index in [1.54, 1.807) is 11.3 Å². The molecule has 0 fully saturated rings. The van der Waals surface area contributed by atoms with Gasteiger partial charge in [-0.1, -0.05) is 48.0 Å². The molecule has 7 heteroatoms. The fraction of sp³-hybridized carbons (Fsp3) is 0.364. The number of nitrogens with zero attached hydrogens (tertiary/aromatic N) is 1. The number of aromatic nitrogens is 1. The molecule has 264 valence electrons. The summed E-state index contributed by atoms with van der Waals surface area (Å²) in [5, 5.41) is 0.902. The minimum absolute atomic E-state index is 0.00675. The summed E-state index contributed by atoms with van der Waals surface area (Å²) in [6, 6.07) is 23.5. The van der Waals surface area contributed by atoms with Gasteiger partial charge in [0.2, 0.25) is 0 Å². The number of esters is 1. The molecule has 0 saturated carbocycles. The van der Waals surface area contributed by atoms with Crippen molar-refractivity contribution in [1.82, 2.24) is 4.98 Å². The second-order valence-electron chi connectivity index (χ2n) is 14.8. The highest BCUT2D eigenvalue weighted by molar-refractivity contribution is 7.22. The Morgan fingerprint density at radius 3 is 2.55 bits per heavy atom. The van der Waals surface area contributed by atoms with Crippen LogP contribution in [0.1, 0.15) is 88.2 Å². The van der Waals surface area contributed by atoms with Crippen LogP contribution in [0.15, 0.2) is 78.9 Å². The van der Waals surface area contributed by atoms with E-state index in [0.29, 0.717) is 12.5 Å². The summed E-state index contributed by atoms with van der Waals surface area (Å²) < 4.78 is 26.1. The van der Waals surface area contributed by atoms with Crippen LogP contribution in [0.25, 0.3) is 43.0 Å². The lowest BCUT2D eigenvalue weighted by Gasteiger charge is -2.30. The molecule has 0 N–H and O–H groups in total. The van der Waals surface area contributed by atoms with Crippen molar-refractivity contribution in [3.05, 3.63) is 101 Å². The predicted molar refractivity (Wildman–Crippen MR) is 207 cm³/mol. The molecule has 0 radical (unpaired) electrons. The van der Waals surface area contributed by atoms with Crippen molar-refractivity contribution >= 4 is 27.5 Å². The number of hydrogen-bond donors (Lipinski definition) is 0. The Morgan fingerprint density at radius 2 is 1.75 bits per heavy atom. The Bertz CT molecular complexity index is 2120. The van der Waals surface area contributed by atoms with Crippen molar-refractivity contribution in [2.45, 2.75) is 91.5 Å². The van der Waals surface area contributed by atoms with Crippen molar-refractivity contribution in [3.8, 4) is 44.3 Å². The van der Waals surface area contributed by atoms with Crippen LogP contribution in [0.5, 0.6) is 11.5 Å². The average molecular weight is 702 g/mol. The molecule has 3 heterocycles. The molecule has 5 aromatic rings. The molecule has 3 atom stereocenters. The largest absolute Gasteiger partial charge is 0.493 e. The molecule has 0 aliphatic carbocycles. The zero-order chi connectivity index (χ0) is 35.9. The Labute approximate surface area is 305 Å². The summed E-state index contributed by atoms with van der Waals surface area (Å²) in [5.41, 5.74) is 9.50. The molecule has 0 saturated heterocycles. The van der Waals surface area contributed by atoms with Crippen molar-refractivity contribution in [1.29, 1.82) is 0 Å². The van der Waals surface area contributed by atoms with Gasteiger partial charge in [0.1, 0.15) is 16.5 Å². The number of aryl methyl sites for hydroxylation is 2. The first-order chi connectivity index (χ1) is 24.5. The third-order valence-corrected chi connectivity index (χ3v) is 10.7. The lowest BCUT2D eigenvalue weighted by Crippen LogP contribution is -2.29. The Kier molecular flexibility index (Phi) is 9.79. The van der Waals surface area contributed by atoms with Gasteiger partial charge in [0.05, 0.1) is 35.1 Å². The third kappa shape index (κ3) is 7.33. The average Bonchev–Trinajstić information content (AvgIpc) is 3.52. The maximum atomic E-state index is 13.8. The van der Waals surface area contributed by atoms with E-state index in [2.05, 4.69) is 92.7 Å². The molecular formula is C44H47NO5S. The Hall–Kier alpha value is -4.46. The van der Waals surface area contributed by atoms with Gasteiger partial charge < -0.3 is 18.9 Å². The zero-order valence-electron chi connectivity index (χ0n) is 30.7. The zero-order valence-corrected chi connectivity index (χ0v) is 31.5. The van der Waals surface area contributed by atoms with Crippen molar-refractivity contribution in [3.63, 3.8) is 0 Å². The maximum Gasteiger partial charge on any atom is 0.339 e. The van der Waals surface area contributed by atoms with Crippen molar-refractivity contribution < 1.29 is 23.7 Å². The van der Waals surface area contributed by atoms with Crippen LogP contribution in [0, 0.1) is 13.8 Å². The molecule has 1 unspecified atom stereocenters. The lowest BCUT2D eigenvalue weighted by atomic mass is 9.85. The molecule has 0 amide bonds. The van der Waals surface area contributed by atoms with E-state index in [-0.39, 0.29) is 12.7 Å². The third-order valence-electron chi connectivity index (χ3n) is 9.56. The van der Waals surface area contributed by atoms with Crippen LogP contribution < -0.4 is 9.47 Å². The lowest BCUT2D eigenvalue weighted by molar-refractivity contribution is -0.166. The fourth-order valence-electron chi connectivity index (χ4n) is 7.23. The van der Waals surface area contributed by atoms with Gasteiger partial charge in [-0.15, -0.1) is 11.3 Å². The minimum Gasteiger partial charge on any atom is -0.493 e. The number of fused-ring (bicyclic) bond motifs is 8. The first-order valence-corrected chi connectivity index (χ1v) is 18.9. The first kappa shape index (κ1) is 35.0. The number of carbonyl (C=O) groups excluding carboxylic acids is 1. The summed E-state index contributed by atoms with van der Waals surface area (Å²) >= 11 is 1.64. The molecule has 2 aliphatic heterocycles. The predicted octanol–water partition coefficient (Wildman–Crippen LogP) is 11.3. The number of hydrogen-bond acceptors (Lipinski definition) is 7. The van der Waals surface area contributed by atoms with Crippen molar-refractivity contribution in [2.24, 2.45) is 0 Å². The maximum absolute atomic E-state index is 13.8. The van der Waals surface area contributed by atoms with Gasteiger partial charge in [-0.3, -0.25) is 0 Å². The van der Waals surface area contributed by atoms with Crippen LogP contribution in [-0.2, 0) is 14.3 Å². The number of carbonyl (C=O) groups is 1. The number of rotatable bonds is 4. The van der Waals surface area contributed by atoms with E-state index in [1.807, 2.05) is 34.6 Å². The van der Waals surface area contributed by atoms with E-state index in [4.69, 9.17) is 23.9 Å². The van der Waals surface area contributed by atoms with E-state index in [1.165, 1.54) is 11.1 Å². The van der Waals surface area contributed by atoms with Gasteiger partial charge >= 0.3 is 5.97 Å². The van der Waals surface area contributed by atoms with Gasteiger partial charge in [-0.05, 0) is 126 Å². The standard InChI is InChI=1S/C44H47NO5S/c1-8-47-43(46)40(50-44(5,6)7)38-27(3)23-35-41-39(38)31-17-19-36-34(25-31)29(20-21-48-36)13-10-9-12-28(4)49-37-18-16-26(2)22-33(37)30-14-11-15-32(24-30)42(45-35)51-41/h9-11,14-19,22-25,28-29,40H,8,12-13,20-21H2,1-7H3/b10-9-/t28-,29?,40-/m0/s1. The summed E-state index contributed by atoms with van der Waals surface area (Å²) in [4.78, 5) is 19.1. The molecule has 1 aromatic heterocycles. The van der Waals surface area contributed by atoms with Crippen LogP contribution in [0.2, 0.25) is 0 Å². The molecule has 51 heavy (non-hydrogen) atoms. The molecule has 7 rings (SSSR count). The van der Waals surface area contributed by atoms with E-state index < -0.39 is 17.7 Å². The summed E-state index contributed by atoms with van der Waals surface area (Å²) in [5.74, 6) is 1.69. The molecule has 6 bridgehead atoms. The SMILES string of the molecule is CCOC(=O)[C@@H](OC(C)(C)C)c1c(C)cc2nc3sc2c1-c1ccc2c(c1)C(C/C=C\C[C@H](C)Oc1ccc(C)cc1-c1cccc-3c1)CCO2. The van der Waals surface area contributed by atoms with E-state index >= 15 is 0 Å². The van der Waals surface area contributed by atoms with Gasteiger partial charge in [-0.2, -0.15) is 0 Å². The van der Waals surface area contributed by atoms with E-state index in [9.17, 15) is 4.79 Å². The van der Waals surface area contributed by atoms with Gasteiger partial charge in [0.25, 0.3) is 0 Å². The Balaban J connectivity index is 1.50. The Morgan fingerprint density at radius 1 is 0.961 bits per heavy atom. The van der Waals surface area contributed by atoms with E-state index in [0.717, 1.165) is 84.9 Å². The van der Waals surface area contributed by atoms with Crippen molar-refractivity contribution in [2.75, 3.05) is 13.2 Å². The number of thiazole rings is 1. The molecule has 0 spiro atoms. The monoisotopic (exact) mass is 701 g/mol. The number of allylic oxidation sites excluding steroid dienone is 1. The van der Waals surface area contributed by atoms with Crippen LogP contribution in [0.3, 0.4) is 0 Å². The molecular weight excluding hydrogens is 655 g/mol. The topological polar surface area (TPSA) is 66.9 Å². The second kappa shape index (κ2) is 14.3. The molecule has 4 aromatic carbocycles. The highest BCUT2D eigenvalue weighted by atomic mass is 32.1. The summed E-state index contributed by atoms with van der Waals surface area (Å²) in [6.07, 6.45) is 6.25. The number of benzene rings is 4. The quantitative estimate of drug-likeness (QED) is 0.137. The van der Waals surface area contributed by atoms with Crippen LogP contribution in [0.4, 0.5) is 0 Å². The summed E-state index contributed by atoms with van der Waals surface area (Å²) in [6.45, 7) is 15.0. The van der Waals surface area contributed by atoms with Crippen LogP contribution in [-0.4, -0.2) is 35.9 Å². The van der Waals surface area contributed by atoms with Gasteiger partial charge in [0, 0.05) is 28.7 Å². The van der Waals surface area contributed by atoms with Gasteiger partial charge in [-0.25, -0.2) is 9.78 Å². The normalized spacial score (nSPS) is 18.4. The first-order valence-electron chi connectivity index (χ1n) is 18.1. The number of ether oxygens (including phenoxy) is 4. The molecule has 6 nitrogen and oxygen atoms in total. The van der Waals surface area contributed by atoms with Crippen LogP contribution >= 0.6 is 11.3 Å². The second-order valence-corrected chi connectivity index (χ2v) is 15.7. The highest BCUT2D eigenvalue weighted by Gasteiger charge is 2.34. The fourth-order valence-corrected chi connectivity index (χ4v) is 8.35. The summed E-state index contributed by atoms with van der Waals surface area (Å²) in [7, 11) is 0. The highest BCUT2D eigenvalue weighted by Crippen LogP contribution is 2.47. The minimum atomic E-state index is -0.924. The smallest absolute Gasteiger partial charge is 0.339 e. The van der Waals surface area contributed by atoms with Gasteiger partial charge in [0.15, 0.2) is 6.10 Å².